The molecular weight excluding hydrogens is 296 g/mol. The molecule has 0 spiro atoms. The molecule has 1 amide bonds. The smallest absolute Gasteiger partial charge is 0.273 e. The van der Waals surface area contributed by atoms with Crippen LogP contribution < -0.4 is 10.5 Å². The van der Waals surface area contributed by atoms with Gasteiger partial charge in [-0.3, -0.25) is 9.89 Å². The lowest BCUT2D eigenvalue weighted by Crippen LogP contribution is -2.33. The third kappa shape index (κ3) is 3.60. The molecule has 118 valence electrons. The first-order valence-corrected chi connectivity index (χ1v) is 8.36. The number of nitrogens with two attached hydrogens (primary N) is 1. The number of carbonyl (C=O) groups excluding carboxylic acids is 1. The van der Waals surface area contributed by atoms with E-state index in [2.05, 4.69) is 15.5 Å². The maximum Gasteiger partial charge on any atom is 0.273 e. The Morgan fingerprint density at radius 2 is 2.29 bits per heavy atom. The largest absolute Gasteiger partial charge is 0.376 e. The Bertz CT molecular complexity index is 617. The molecular formula is C12H20N4O4S. The van der Waals surface area contributed by atoms with Gasteiger partial charge in [-0.05, 0) is 18.8 Å². The van der Waals surface area contributed by atoms with Crippen LogP contribution in [0.4, 0.5) is 0 Å². The summed E-state index contributed by atoms with van der Waals surface area (Å²) in [6.45, 7) is 4.59. The summed E-state index contributed by atoms with van der Waals surface area (Å²) in [7, 11) is -4.03. The highest BCUT2D eigenvalue weighted by Crippen LogP contribution is 2.23. The molecule has 1 fully saturated rings. The second kappa shape index (κ2) is 6.12. The normalized spacial score (nSPS) is 19.1. The molecule has 1 aromatic rings. The Kier molecular flexibility index (Phi) is 4.64. The first-order chi connectivity index (χ1) is 9.80. The van der Waals surface area contributed by atoms with E-state index in [0.717, 1.165) is 12.8 Å². The molecule has 9 heteroatoms. The minimum atomic E-state index is -4.03. The van der Waals surface area contributed by atoms with Crippen molar-refractivity contribution in [2.45, 2.75) is 43.6 Å². The summed E-state index contributed by atoms with van der Waals surface area (Å²) in [4.78, 5) is 11.9. The monoisotopic (exact) mass is 316 g/mol. The van der Waals surface area contributed by atoms with Crippen molar-refractivity contribution in [1.29, 1.82) is 0 Å². The van der Waals surface area contributed by atoms with E-state index in [0.29, 0.717) is 18.8 Å². The predicted molar refractivity (Wildman–Crippen MR) is 75.4 cm³/mol. The number of aromatic amines is 1. The molecule has 1 atom stereocenters. The number of nitrogens with zero attached hydrogens (tertiary/aromatic N) is 1. The molecule has 1 aliphatic rings. The van der Waals surface area contributed by atoms with Crippen LogP contribution in [0.15, 0.2) is 4.90 Å². The minimum absolute atomic E-state index is 0.0320. The van der Waals surface area contributed by atoms with Crippen LogP contribution in [0.5, 0.6) is 0 Å². The standard InChI is InChI=1S/C12H20N4O4S/c1-7(2)9-11(21(13,18)19)10(16-15-9)12(17)14-6-8-4-3-5-20-8/h7-8H,3-6H2,1-2H3,(H,14,17)(H,15,16)(H2,13,18,19). The molecule has 0 bridgehead atoms. The molecule has 0 aliphatic carbocycles. The van der Waals surface area contributed by atoms with Crippen LogP contribution in [0.2, 0.25) is 0 Å². The molecule has 2 heterocycles. The average Bonchev–Trinajstić information content (AvgIpc) is 3.03. The summed E-state index contributed by atoms with van der Waals surface area (Å²) in [6.07, 6.45) is 1.80. The summed E-state index contributed by atoms with van der Waals surface area (Å²) in [5.74, 6) is -0.719. The van der Waals surface area contributed by atoms with Gasteiger partial charge in [0.1, 0.15) is 4.90 Å². The topological polar surface area (TPSA) is 127 Å². The number of nitrogens with one attached hydrogen (secondary N) is 2. The molecule has 0 radical (unpaired) electrons. The number of carbonyl (C=O) groups is 1. The zero-order valence-corrected chi connectivity index (χ0v) is 12.9. The third-order valence-corrected chi connectivity index (χ3v) is 4.32. The summed E-state index contributed by atoms with van der Waals surface area (Å²) in [5.41, 5.74) is 0.138. The van der Waals surface area contributed by atoms with Gasteiger partial charge in [-0.25, -0.2) is 13.6 Å². The second-order valence-electron chi connectivity index (χ2n) is 5.36. The van der Waals surface area contributed by atoms with E-state index in [1.54, 1.807) is 13.8 Å². The van der Waals surface area contributed by atoms with Crippen LogP contribution >= 0.6 is 0 Å². The maximum absolute atomic E-state index is 12.1. The number of amides is 1. The molecule has 2 rings (SSSR count). The van der Waals surface area contributed by atoms with Crippen molar-refractivity contribution in [3.63, 3.8) is 0 Å². The molecule has 21 heavy (non-hydrogen) atoms. The minimum Gasteiger partial charge on any atom is -0.376 e. The zero-order valence-electron chi connectivity index (χ0n) is 12.0. The highest BCUT2D eigenvalue weighted by Gasteiger charge is 2.29. The number of primary sulfonamides is 1. The van der Waals surface area contributed by atoms with Gasteiger partial charge in [0.2, 0.25) is 10.0 Å². The molecule has 1 aromatic heterocycles. The van der Waals surface area contributed by atoms with Crippen molar-refractivity contribution in [1.82, 2.24) is 15.5 Å². The van der Waals surface area contributed by atoms with E-state index in [1.807, 2.05) is 0 Å². The fourth-order valence-corrected chi connectivity index (χ4v) is 3.27. The Morgan fingerprint density at radius 1 is 1.57 bits per heavy atom. The van der Waals surface area contributed by atoms with Gasteiger partial charge in [-0.2, -0.15) is 5.10 Å². The van der Waals surface area contributed by atoms with Crippen LogP contribution in [0, 0.1) is 0 Å². The molecule has 1 aliphatic heterocycles. The van der Waals surface area contributed by atoms with Gasteiger partial charge in [0, 0.05) is 13.2 Å². The van der Waals surface area contributed by atoms with Crippen LogP contribution in [0.1, 0.15) is 48.8 Å². The highest BCUT2D eigenvalue weighted by molar-refractivity contribution is 7.89. The Morgan fingerprint density at radius 3 is 2.81 bits per heavy atom. The van der Waals surface area contributed by atoms with Gasteiger partial charge < -0.3 is 10.1 Å². The first-order valence-electron chi connectivity index (χ1n) is 6.81. The molecule has 8 nitrogen and oxygen atoms in total. The number of ether oxygens (including phenoxy) is 1. The molecule has 0 saturated carbocycles. The van der Waals surface area contributed by atoms with Gasteiger partial charge in [0.15, 0.2) is 5.69 Å². The van der Waals surface area contributed by atoms with Crippen LogP contribution in [0.3, 0.4) is 0 Å². The lowest BCUT2D eigenvalue weighted by atomic mass is 10.1. The molecule has 4 N–H and O–H groups in total. The Hall–Kier alpha value is -1.45. The van der Waals surface area contributed by atoms with Gasteiger partial charge in [0.05, 0.1) is 11.8 Å². The Labute approximate surface area is 123 Å². The lowest BCUT2D eigenvalue weighted by Gasteiger charge is -2.10. The van der Waals surface area contributed by atoms with Crippen molar-refractivity contribution in [2.24, 2.45) is 5.14 Å². The van der Waals surface area contributed by atoms with Crippen LogP contribution in [-0.4, -0.2) is 43.8 Å². The number of aromatic nitrogens is 2. The summed E-state index contributed by atoms with van der Waals surface area (Å²) in [6, 6.07) is 0. The van der Waals surface area contributed by atoms with Crippen molar-refractivity contribution in [3.05, 3.63) is 11.4 Å². The predicted octanol–water partition coefficient (Wildman–Crippen LogP) is 0.0893. The summed E-state index contributed by atoms with van der Waals surface area (Å²) in [5, 5.41) is 14.2. The lowest BCUT2D eigenvalue weighted by molar-refractivity contribution is 0.0851. The van der Waals surface area contributed by atoms with E-state index < -0.39 is 15.9 Å². The number of H-pyrrole nitrogens is 1. The van der Waals surface area contributed by atoms with Crippen molar-refractivity contribution >= 4 is 15.9 Å². The number of hydrogen-bond acceptors (Lipinski definition) is 5. The van der Waals surface area contributed by atoms with E-state index >= 15 is 0 Å². The quantitative estimate of drug-likeness (QED) is 0.709. The summed E-state index contributed by atoms with van der Waals surface area (Å²) >= 11 is 0. The highest BCUT2D eigenvalue weighted by atomic mass is 32.2. The zero-order chi connectivity index (χ0) is 15.6. The fourth-order valence-electron chi connectivity index (χ4n) is 2.27. The van der Waals surface area contributed by atoms with Gasteiger partial charge in [-0.1, -0.05) is 13.8 Å². The van der Waals surface area contributed by atoms with E-state index in [-0.39, 0.29) is 22.6 Å². The number of rotatable bonds is 5. The molecule has 1 unspecified atom stereocenters. The van der Waals surface area contributed by atoms with Gasteiger partial charge >= 0.3 is 0 Å². The molecule has 1 saturated heterocycles. The first kappa shape index (κ1) is 15.9. The second-order valence-corrected chi connectivity index (χ2v) is 6.86. The summed E-state index contributed by atoms with van der Waals surface area (Å²) < 4.78 is 28.8. The molecule has 0 aromatic carbocycles. The fraction of sp³-hybridized carbons (Fsp3) is 0.667. The average molecular weight is 316 g/mol. The van der Waals surface area contributed by atoms with Gasteiger partial charge in [0.25, 0.3) is 5.91 Å². The van der Waals surface area contributed by atoms with Crippen molar-refractivity contribution in [3.8, 4) is 0 Å². The number of sulfonamides is 1. The van der Waals surface area contributed by atoms with Crippen molar-refractivity contribution < 1.29 is 17.9 Å². The Balaban J connectivity index is 2.20. The van der Waals surface area contributed by atoms with Gasteiger partial charge in [-0.15, -0.1) is 0 Å². The van der Waals surface area contributed by atoms with E-state index in [1.165, 1.54) is 0 Å². The van der Waals surface area contributed by atoms with Crippen LogP contribution in [-0.2, 0) is 14.8 Å². The van der Waals surface area contributed by atoms with E-state index in [4.69, 9.17) is 9.88 Å². The van der Waals surface area contributed by atoms with Crippen LogP contribution in [0.25, 0.3) is 0 Å². The van der Waals surface area contributed by atoms with Crippen molar-refractivity contribution in [2.75, 3.05) is 13.2 Å². The van der Waals surface area contributed by atoms with E-state index in [9.17, 15) is 13.2 Å². The SMILES string of the molecule is CC(C)c1[nH]nc(C(=O)NCC2CCCO2)c1S(N)(=O)=O. The number of hydrogen-bond donors (Lipinski definition) is 3. The maximum atomic E-state index is 12.1. The third-order valence-electron chi connectivity index (χ3n) is 3.34.